The van der Waals surface area contributed by atoms with E-state index in [-0.39, 0.29) is 23.4 Å². The molecule has 1 N–H and O–H groups in total. The number of hydrogen-bond donors (Lipinski definition) is 1. The third-order valence-corrected chi connectivity index (χ3v) is 5.60. The Hall–Kier alpha value is -3.09. The van der Waals surface area contributed by atoms with Crippen LogP contribution < -0.4 is 10.9 Å². The average Bonchev–Trinajstić information content (AvgIpc) is 2.72. The molecule has 2 amide bonds. The number of piperidine rings is 1. The molecule has 7 nitrogen and oxygen atoms in total. The molecule has 7 heteroatoms. The summed E-state index contributed by atoms with van der Waals surface area (Å²) in [6.45, 7) is 1.70. The van der Waals surface area contributed by atoms with Crippen molar-refractivity contribution in [3.05, 3.63) is 70.1 Å². The van der Waals surface area contributed by atoms with E-state index in [2.05, 4.69) is 5.32 Å². The fraction of sp³-hybridized carbons (Fsp3) is 0.381. The number of nitrogens with zero attached hydrogens (tertiary/aromatic N) is 2. The van der Waals surface area contributed by atoms with Crippen LogP contribution in [0.2, 0.25) is 0 Å². The summed E-state index contributed by atoms with van der Waals surface area (Å²) in [5.41, 5.74) is 1.67. The molecule has 4 rings (SSSR count). The van der Waals surface area contributed by atoms with E-state index in [0.717, 1.165) is 12.1 Å². The number of amides is 2. The smallest absolute Gasteiger partial charge is 0.333 e. The van der Waals surface area contributed by atoms with Gasteiger partial charge in [-0.05, 0) is 24.0 Å². The predicted molar refractivity (Wildman–Crippen MR) is 103 cm³/mol. The normalized spacial score (nSPS) is 21.4. The molecule has 0 radical (unpaired) electrons. The van der Waals surface area contributed by atoms with E-state index in [4.69, 9.17) is 4.74 Å². The number of likely N-dealkylation sites (tertiary alicyclic amines) is 1. The van der Waals surface area contributed by atoms with Gasteiger partial charge in [0.25, 0.3) is 5.56 Å². The highest BCUT2D eigenvalue weighted by atomic mass is 16.5. The zero-order chi connectivity index (χ0) is 19.7. The molecule has 0 aliphatic carbocycles. The number of pyridine rings is 1. The minimum absolute atomic E-state index is 0.0138. The summed E-state index contributed by atoms with van der Waals surface area (Å²) in [6.07, 6.45) is 0.965. The lowest BCUT2D eigenvalue weighted by Crippen LogP contribution is -2.53. The van der Waals surface area contributed by atoms with E-state index in [0.29, 0.717) is 25.2 Å². The van der Waals surface area contributed by atoms with Crippen molar-refractivity contribution in [2.45, 2.75) is 24.9 Å². The Morgan fingerprint density at radius 3 is 2.61 bits per heavy atom. The molecule has 2 bridgehead atoms. The van der Waals surface area contributed by atoms with Gasteiger partial charge in [0, 0.05) is 37.3 Å². The highest BCUT2D eigenvalue weighted by Crippen LogP contribution is 2.35. The second-order valence-electron chi connectivity index (χ2n) is 7.42. The van der Waals surface area contributed by atoms with Crippen molar-refractivity contribution in [1.29, 1.82) is 0 Å². The Balaban J connectivity index is 1.53. The number of carbonyl (C=O) groups is 2. The van der Waals surface area contributed by atoms with Crippen LogP contribution in [-0.4, -0.2) is 41.7 Å². The quantitative estimate of drug-likeness (QED) is 0.824. The van der Waals surface area contributed by atoms with Crippen LogP contribution in [0.1, 0.15) is 29.6 Å². The maximum Gasteiger partial charge on any atom is 0.333 e. The molecule has 1 aromatic carbocycles. The van der Waals surface area contributed by atoms with Crippen LogP contribution in [-0.2, 0) is 16.1 Å². The van der Waals surface area contributed by atoms with Crippen molar-refractivity contribution in [2.75, 3.05) is 20.2 Å². The molecule has 0 unspecified atom stereocenters. The number of methoxy groups -OCH3 is 1. The number of esters is 1. The molecule has 146 valence electrons. The molecule has 0 spiro atoms. The zero-order valence-electron chi connectivity index (χ0n) is 15.7. The summed E-state index contributed by atoms with van der Waals surface area (Å²) in [6, 6.07) is 13.2. The number of urea groups is 1. The molecule has 1 aromatic heterocycles. The number of nitrogens with one attached hydrogen (secondary N) is 1. The summed E-state index contributed by atoms with van der Waals surface area (Å²) < 4.78 is 6.71. The number of benzene rings is 1. The van der Waals surface area contributed by atoms with Gasteiger partial charge in [0.05, 0.1) is 7.11 Å². The van der Waals surface area contributed by atoms with Crippen LogP contribution in [0.4, 0.5) is 4.79 Å². The molecule has 1 saturated heterocycles. The van der Waals surface area contributed by atoms with Crippen LogP contribution in [0.3, 0.4) is 0 Å². The van der Waals surface area contributed by atoms with E-state index in [1.165, 1.54) is 7.11 Å². The van der Waals surface area contributed by atoms with Crippen LogP contribution in [0, 0.1) is 5.92 Å². The number of fused-ring (bicyclic) bond motifs is 4. The van der Waals surface area contributed by atoms with Crippen LogP contribution in [0.15, 0.2) is 53.3 Å². The molecule has 1 fully saturated rings. The molecule has 3 atom stereocenters. The largest absolute Gasteiger partial charge is 0.467 e. The fourth-order valence-electron chi connectivity index (χ4n) is 4.32. The van der Waals surface area contributed by atoms with Gasteiger partial charge in [-0.3, -0.25) is 4.79 Å². The average molecular weight is 381 g/mol. The molecule has 2 aliphatic heterocycles. The number of rotatable bonds is 3. The highest BCUT2D eigenvalue weighted by molar-refractivity contribution is 5.84. The molecule has 0 saturated carbocycles. The van der Waals surface area contributed by atoms with Gasteiger partial charge >= 0.3 is 12.0 Å². The molecule has 2 aromatic rings. The third kappa shape index (κ3) is 3.40. The van der Waals surface area contributed by atoms with Gasteiger partial charge in [-0.2, -0.15) is 0 Å². The Morgan fingerprint density at radius 2 is 1.86 bits per heavy atom. The van der Waals surface area contributed by atoms with Crippen LogP contribution >= 0.6 is 0 Å². The summed E-state index contributed by atoms with van der Waals surface area (Å²) in [4.78, 5) is 39.1. The first-order chi connectivity index (χ1) is 13.6. The Labute approximate surface area is 162 Å². The SMILES string of the molecule is COC(=O)[C@@H](NC(=O)N1C[C@@H]2C[C@H](C1)c1cccc(=O)n1C2)c1ccccc1. The molecular formula is C21H23N3O4. The number of hydrogen-bond acceptors (Lipinski definition) is 4. The van der Waals surface area contributed by atoms with Crippen molar-refractivity contribution >= 4 is 12.0 Å². The van der Waals surface area contributed by atoms with Crippen molar-refractivity contribution in [3.8, 4) is 0 Å². The Morgan fingerprint density at radius 1 is 1.07 bits per heavy atom. The summed E-state index contributed by atoms with van der Waals surface area (Å²) >= 11 is 0. The standard InChI is InChI=1S/C21H23N3O4/c1-28-20(26)19(15-6-3-2-4-7-15)22-21(27)23-11-14-10-16(13-23)17-8-5-9-18(25)24(17)12-14/h2-9,14,16,19H,10-13H2,1H3,(H,22,27)/t14-,16+,19-/m0/s1. The maximum absolute atomic E-state index is 13.0. The van der Waals surface area contributed by atoms with E-state index < -0.39 is 12.0 Å². The topological polar surface area (TPSA) is 80.6 Å². The van der Waals surface area contributed by atoms with Crippen molar-refractivity contribution in [2.24, 2.45) is 5.92 Å². The lowest BCUT2D eigenvalue weighted by molar-refractivity contribution is -0.143. The minimum Gasteiger partial charge on any atom is -0.467 e. The lowest BCUT2D eigenvalue weighted by Gasteiger charge is -2.42. The number of aromatic nitrogens is 1. The van der Waals surface area contributed by atoms with E-state index >= 15 is 0 Å². The first-order valence-electron chi connectivity index (χ1n) is 9.44. The first-order valence-corrected chi connectivity index (χ1v) is 9.44. The fourth-order valence-corrected chi connectivity index (χ4v) is 4.32. The van der Waals surface area contributed by atoms with Gasteiger partial charge in [0.1, 0.15) is 0 Å². The molecule has 3 heterocycles. The second-order valence-corrected chi connectivity index (χ2v) is 7.42. The number of carbonyl (C=O) groups excluding carboxylic acids is 2. The summed E-state index contributed by atoms with van der Waals surface area (Å²) in [5.74, 6) is -0.153. The van der Waals surface area contributed by atoms with E-state index in [9.17, 15) is 14.4 Å². The summed E-state index contributed by atoms with van der Waals surface area (Å²) in [7, 11) is 1.31. The first kappa shape index (κ1) is 18.3. The monoisotopic (exact) mass is 381 g/mol. The van der Waals surface area contributed by atoms with E-state index in [1.54, 1.807) is 29.2 Å². The predicted octanol–water partition coefficient (Wildman–Crippen LogP) is 1.89. The minimum atomic E-state index is -0.852. The molecule has 2 aliphatic rings. The van der Waals surface area contributed by atoms with Gasteiger partial charge in [-0.1, -0.05) is 36.4 Å². The van der Waals surface area contributed by atoms with Gasteiger partial charge in [0.2, 0.25) is 0 Å². The Kier molecular flexibility index (Phi) is 4.90. The summed E-state index contributed by atoms with van der Waals surface area (Å²) in [5, 5.41) is 2.82. The lowest BCUT2D eigenvalue weighted by atomic mass is 9.83. The number of ether oxygens (including phenoxy) is 1. The van der Waals surface area contributed by atoms with Gasteiger partial charge in [0.15, 0.2) is 6.04 Å². The van der Waals surface area contributed by atoms with Crippen molar-refractivity contribution in [3.63, 3.8) is 0 Å². The second kappa shape index (κ2) is 7.50. The Bertz CT molecular complexity index is 940. The van der Waals surface area contributed by atoms with Gasteiger partial charge in [-0.15, -0.1) is 0 Å². The molecular weight excluding hydrogens is 358 g/mol. The van der Waals surface area contributed by atoms with Crippen molar-refractivity contribution < 1.29 is 14.3 Å². The third-order valence-electron chi connectivity index (χ3n) is 5.60. The van der Waals surface area contributed by atoms with E-state index in [1.807, 2.05) is 28.8 Å². The van der Waals surface area contributed by atoms with Crippen LogP contribution in [0.5, 0.6) is 0 Å². The van der Waals surface area contributed by atoms with Gasteiger partial charge in [-0.25, -0.2) is 9.59 Å². The zero-order valence-corrected chi connectivity index (χ0v) is 15.7. The van der Waals surface area contributed by atoms with Gasteiger partial charge < -0.3 is 19.5 Å². The van der Waals surface area contributed by atoms with Crippen LogP contribution in [0.25, 0.3) is 0 Å². The highest BCUT2D eigenvalue weighted by Gasteiger charge is 2.37. The molecule has 28 heavy (non-hydrogen) atoms. The van der Waals surface area contributed by atoms with Crippen molar-refractivity contribution in [1.82, 2.24) is 14.8 Å². The maximum atomic E-state index is 13.0.